The maximum Gasteiger partial charge on any atom is 0.328 e. The summed E-state index contributed by atoms with van der Waals surface area (Å²) in [5, 5.41) is 19.6. The molecule has 1 unspecified atom stereocenters. The third kappa shape index (κ3) is 1.58. The summed E-state index contributed by atoms with van der Waals surface area (Å²) in [6.07, 6.45) is 1.47. The van der Waals surface area contributed by atoms with E-state index in [4.69, 9.17) is 9.52 Å². The van der Waals surface area contributed by atoms with Crippen molar-refractivity contribution < 1.29 is 14.3 Å². The molecule has 0 fully saturated rings. The molecule has 0 bridgehead atoms. The largest absolute Gasteiger partial charge is 0.480 e. The van der Waals surface area contributed by atoms with Crippen molar-refractivity contribution in [3.63, 3.8) is 0 Å². The summed E-state index contributed by atoms with van der Waals surface area (Å²) < 4.78 is 6.29. The van der Waals surface area contributed by atoms with Gasteiger partial charge in [0.15, 0.2) is 11.8 Å². The van der Waals surface area contributed by atoms with E-state index in [0.29, 0.717) is 11.6 Å². The van der Waals surface area contributed by atoms with Gasteiger partial charge in [-0.15, -0.1) is 5.10 Å². The number of aromatic nitrogens is 4. The van der Waals surface area contributed by atoms with Crippen molar-refractivity contribution >= 4 is 5.97 Å². The SMILES string of the molecule is CC(C(=O)O)n1nnnc1-c1ccco1. The number of tetrazole rings is 1. The molecule has 0 aliphatic heterocycles. The Bertz CT molecular complexity index is 462. The first-order valence-electron chi connectivity index (χ1n) is 4.24. The van der Waals surface area contributed by atoms with Crippen LogP contribution in [0.5, 0.6) is 0 Å². The number of carboxylic acid groups (broad SMARTS) is 1. The molecular formula is C8H8N4O3. The lowest BCUT2D eigenvalue weighted by Gasteiger charge is -2.06. The van der Waals surface area contributed by atoms with Crippen molar-refractivity contribution in [2.24, 2.45) is 0 Å². The fraction of sp³-hybridized carbons (Fsp3) is 0.250. The number of aliphatic carboxylic acids is 1. The molecule has 0 aliphatic rings. The molecule has 7 nitrogen and oxygen atoms in total. The summed E-state index contributed by atoms with van der Waals surface area (Å²) in [5.74, 6) is -0.266. The Balaban J connectivity index is 2.43. The molecule has 2 aromatic heterocycles. The molecule has 2 rings (SSSR count). The van der Waals surface area contributed by atoms with Gasteiger partial charge in [-0.1, -0.05) is 0 Å². The minimum Gasteiger partial charge on any atom is -0.480 e. The lowest BCUT2D eigenvalue weighted by atomic mass is 10.3. The molecule has 0 aliphatic carbocycles. The van der Waals surface area contributed by atoms with Gasteiger partial charge in [0.25, 0.3) is 0 Å². The molecule has 2 heterocycles. The van der Waals surface area contributed by atoms with Crippen molar-refractivity contribution in [1.82, 2.24) is 20.2 Å². The highest BCUT2D eigenvalue weighted by molar-refractivity contribution is 5.72. The van der Waals surface area contributed by atoms with Crippen molar-refractivity contribution in [3.05, 3.63) is 18.4 Å². The highest BCUT2D eigenvalue weighted by Crippen LogP contribution is 2.18. The van der Waals surface area contributed by atoms with Crippen molar-refractivity contribution in [1.29, 1.82) is 0 Å². The van der Waals surface area contributed by atoms with Crippen LogP contribution in [0.15, 0.2) is 22.8 Å². The fourth-order valence-corrected chi connectivity index (χ4v) is 1.13. The highest BCUT2D eigenvalue weighted by atomic mass is 16.4. The molecule has 0 amide bonds. The van der Waals surface area contributed by atoms with Gasteiger partial charge in [-0.2, -0.15) is 0 Å². The smallest absolute Gasteiger partial charge is 0.328 e. The van der Waals surface area contributed by atoms with E-state index in [1.165, 1.54) is 17.9 Å². The Morgan fingerprint density at radius 2 is 2.47 bits per heavy atom. The molecule has 0 spiro atoms. The Morgan fingerprint density at radius 3 is 3.07 bits per heavy atom. The maximum atomic E-state index is 10.8. The van der Waals surface area contributed by atoms with E-state index < -0.39 is 12.0 Å². The summed E-state index contributed by atoms with van der Waals surface area (Å²) in [4.78, 5) is 10.8. The quantitative estimate of drug-likeness (QED) is 0.792. The van der Waals surface area contributed by atoms with Gasteiger partial charge in [0.2, 0.25) is 5.82 Å². The molecule has 1 N–H and O–H groups in total. The van der Waals surface area contributed by atoms with E-state index in [9.17, 15) is 4.79 Å². The molecule has 2 aromatic rings. The van der Waals surface area contributed by atoms with Crippen LogP contribution in [0.4, 0.5) is 0 Å². The second-order valence-corrected chi connectivity index (χ2v) is 2.94. The Labute approximate surface area is 84.3 Å². The zero-order valence-corrected chi connectivity index (χ0v) is 7.86. The first-order valence-corrected chi connectivity index (χ1v) is 4.24. The molecule has 78 valence electrons. The number of furan rings is 1. The van der Waals surface area contributed by atoms with Crippen LogP contribution in [-0.4, -0.2) is 31.3 Å². The van der Waals surface area contributed by atoms with E-state index in [2.05, 4.69) is 15.5 Å². The van der Waals surface area contributed by atoms with Crippen LogP contribution in [0.25, 0.3) is 11.6 Å². The Morgan fingerprint density at radius 1 is 1.67 bits per heavy atom. The number of hydrogen-bond donors (Lipinski definition) is 1. The van der Waals surface area contributed by atoms with E-state index in [1.807, 2.05) is 0 Å². The maximum absolute atomic E-state index is 10.8. The zero-order chi connectivity index (χ0) is 10.8. The van der Waals surface area contributed by atoms with Gasteiger partial charge >= 0.3 is 5.97 Å². The topological polar surface area (TPSA) is 94.0 Å². The Kier molecular flexibility index (Phi) is 2.20. The second kappa shape index (κ2) is 3.52. The van der Waals surface area contributed by atoms with Crippen LogP contribution >= 0.6 is 0 Å². The third-order valence-electron chi connectivity index (χ3n) is 1.96. The molecule has 0 saturated heterocycles. The predicted octanol–water partition coefficient (Wildman–Crippen LogP) is 0.579. The molecular weight excluding hydrogens is 200 g/mol. The highest BCUT2D eigenvalue weighted by Gasteiger charge is 2.21. The second-order valence-electron chi connectivity index (χ2n) is 2.94. The third-order valence-corrected chi connectivity index (χ3v) is 1.96. The molecule has 0 saturated carbocycles. The predicted molar refractivity (Wildman–Crippen MR) is 47.9 cm³/mol. The van der Waals surface area contributed by atoms with Crippen molar-refractivity contribution in [2.75, 3.05) is 0 Å². The average molecular weight is 208 g/mol. The van der Waals surface area contributed by atoms with Gasteiger partial charge in [-0.05, 0) is 29.5 Å². The summed E-state index contributed by atoms with van der Waals surface area (Å²) in [5.41, 5.74) is 0. The van der Waals surface area contributed by atoms with E-state index in [1.54, 1.807) is 12.1 Å². The average Bonchev–Trinajstić information content (AvgIpc) is 2.86. The number of hydrogen-bond acceptors (Lipinski definition) is 5. The van der Waals surface area contributed by atoms with E-state index in [0.717, 1.165) is 0 Å². The van der Waals surface area contributed by atoms with Gasteiger partial charge in [-0.25, -0.2) is 9.48 Å². The van der Waals surface area contributed by atoms with Crippen LogP contribution in [0.1, 0.15) is 13.0 Å². The summed E-state index contributed by atoms with van der Waals surface area (Å²) in [6.45, 7) is 1.49. The summed E-state index contributed by atoms with van der Waals surface area (Å²) in [7, 11) is 0. The van der Waals surface area contributed by atoms with Crippen LogP contribution in [0.3, 0.4) is 0 Å². The monoisotopic (exact) mass is 208 g/mol. The van der Waals surface area contributed by atoms with Gasteiger partial charge < -0.3 is 9.52 Å². The molecule has 7 heteroatoms. The van der Waals surface area contributed by atoms with Crippen LogP contribution in [-0.2, 0) is 4.79 Å². The van der Waals surface area contributed by atoms with Gasteiger partial charge in [0, 0.05) is 0 Å². The number of rotatable bonds is 3. The normalized spacial score (nSPS) is 12.6. The van der Waals surface area contributed by atoms with Gasteiger partial charge in [0.1, 0.15) is 0 Å². The lowest BCUT2D eigenvalue weighted by Crippen LogP contribution is -2.17. The molecule has 0 aromatic carbocycles. The van der Waals surface area contributed by atoms with E-state index in [-0.39, 0.29) is 0 Å². The van der Waals surface area contributed by atoms with E-state index >= 15 is 0 Å². The first-order chi connectivity index (χ1) is 7.20. The number of nitrogens with zero attached hydrogens (tertiary/aromatic N) is 4. The Hall–Kier alpha value is -2.18. The standard InChI is InChI=1S/C8H8N4O3/c1-5(8(13)14)12-7(9-10-11-12)6-3-2-4-15-6/h2-5H,1H3,(H,13,14). The van der Waals surface area contributed by atoms with Crippen LogP contribution < -0.4 is 0 Å². The molecule has 15 heavy (non-hydrogen) atoms. The molecule has 0 radical (unpaired) electrons. The molecule has 1 atom stereocenters. The summed E-state index contributed by atoms with van der Waals surface area (Å²) in [6, 6.07) is 2.51. The number of carbonyl (C=O) groups is 1. The van der Waals surface area contributed by atoms with Crippen molar-refractivity contribution in [2.45, 2.75) is 13.0 Å². The van der Waals surface area contributed by atoms with Gasteiger partial charge in [0.05, 0.1) is 6.26 Å². The summed E-state index contributed by atoms with van der Waals surface area (Å²) >= 11 is 0. The zero-order valence-electron chi connectivity index (χ0n) is 7.86. The minimum atomic E-state index is -1.00. The van der Waals surface area contributed by atoms with Crippen LogP contribution in [0.2, 0.25) is 0 Å². The van der Waals surface area contributed by atoms with Gasteiger partial charge in [-0.3, -0.25) is 0 Å². The van der Waals surface area contributed by atoms with Crippen molar-refractivity contribution in [3.8, 4) is 11.6 Å². The number of carboxylic acids is 1. The van der Waals surface area contributed by atoms with Crippen LogP contribution in [0, 0.1) is 0 Å². The minimum absolute atomic E-state index is 0.301. The fourth-order valence-electron chi connectivity index (χ4n) is 1.13. The first kappa shape index (κ1) is 9.38. The lowest BCUT2D eigenvalue weighted by molar-refractivity contribution is -0.140.